The lowest BCUT2D eigenvalue weighted by molar-refractivity contribution is -0.128. The first-order valence-corrected chi connectivity index (χ1v) is 9.78. The number of fused-ring (bicyclic) bond motifs is 2. The van der Waals surface area contributed by atoms with Gasteiger partial charge in [-0.1, -0.05) is 18.6 Å². The fraction of sp³-hybridized carbons (Fsp3) is 0.524. The number of rotatable bonds is 4. The van der Waals surface area contributed by atoms with Crippen molar-refractivity contribution in [1.82, 2.24) is 15.1 Å². The summed E-state index contributed by atoms with van der Waals surface area (Å²) in [6.45, 7) is 2.05. The van der Waals surface area contributed by atoms with Gasteiger partial charge in [0.1, 0.15) is 0 Å². The molecule has 5 nitrogen and oxygen atoms in total. The minimum absolute atomic E-state index is 0.0200. The Hall–Kier alpha value is -2.14. The standard InChI is InChI=1S/C21H28N4O/c1-14(15-5-3-8-19(13-15)25-10-4-9-23-25)24-21(26)18-11-16-6-2-7-17(12-18)20(16)22/h3-5,8-10,13-14,16-18,20H,2,6-7,11-12,22H2,1H3,(H,24,26). The first kappa shape index (κ1) is 17.3. The number of benzene rings is 1. The summed E-state index contributed by atoms with van der Waals surface area (Å²) >= 11 is 0. The summed E-state index contributed by atoms with van der Waals surface area (Å²) in [6, 6.07) is 10.4. The van der Waals surface area contributed by atoms with E-state index in [9.17, 15) is 4.79 Å². The lowest BCUT2D eigenvalue weighted by Gasteiger charge is -2.43. The molecule has 0 spiro atoms. The Morgan fingerprint density at radius 3 is 2.73 bits per heavy atom. The molecule has 3 atom stereocenters. The average molecular weight is 352 g/mol. The molecule has 0 saturated heterocycles. The predicted octanol–water partition coefficient (Wildman–Crippen LogP) is 3.20. The third-order valence-electron chi connectivity index (χ3n) is 6.28. The van der Waals surface area contributed by atoms with Crippen molar-refractivity contribution in [2.24, 2.45) is 23.5 Å². The van der Waals surface area contributed by atoms with E-state index < -0.39 is 0 Å². The molecule has 1 aromatic heterocycles. The van der Waals surface area contributed by atoms with Gasteiger partial charge in [-0.15, -0.1) is 0 Å². The van der Waals surface area contributed by atoms with E-state index in [0.717, 1.165) is 24.1 Å². The number of hydrogen-bond acceptors (Lipinski definition) is 3. The molecule has 26 heavy (non-hydrogen) atoms. The van der Waals surface area contributed by atoms with Crippen LogP contribution in [0, 0.1) is 17.8 Å². The van der Waals surface area contributed by atoms with Gasteiger partial charge in [0.15, 0.2) is 0 Å². The Labute approximate surface area is 155 Å². The first-order chi connectivity index (χ1) is 12.6. The number of nitrogens with one attached hydrogen (secondary N) is 1. The molecule has 1 heterocycles. The number of carbonyl (C=O) groups is 1. The maximum Gasteiger partial charge on any atom is 0.223 e. The molecule has 1 aromatic carbocycles. The van der Waals surface area contributed by atoms with Gasteiger partial charge in [0.05, 0.1) is 11.7 Å². The lowest BCUT2D eigenvalue weighted by atomic mass is 9.65. The highest BCUT2D eigenvalue weighted by Gasteiger charge is 2.40. The second-order valence-electron chi connectivity index (χ2n) is 7.97. The van der Waals surface area contributed by atoms with E-state index in [2.05, 4.69) is 29.5 Å². The van der Waals surface area contributed by atoms with Gasteiger partial charge in [0, 0.05) is 24.4 Å². The smallest absolute Gasteiger partial charge is 0.223 e. The van der Waals surface area contributed by atoms with Crippen LogP contribution in [0.1, 0.15) is 50.6 Å². The molecule has 2 aliphatic rings. The molecular weight excluding hydrogens is 324 g/mol. The van der Waals surface area contributed by atoms with E-state index in [0.29, 0.717) is 17.9 Å². The van der Waals surface area contributed by atoms with Gasteiger partial charge in [-0.2, -0.15) is 5.10 Å². The van der Waals surface area contributed by atoms with E-state index in [1.165, 1.54) is 19.3 Å². The van der Waals surface area contributed by atoms with Gasteiger partial charge in [0.2, 0.25) is 5.91 Å². The Morgan fingerprint density at radius 1 is 1.27 bits per heavy atom. The highest BCUT2D eigenvalue weighted by Crippen LogP contribution is 2.42. The summed E-state index contributed by atoms with van der Waals surface area (Å²) < 4.78 is 1.84. The highest BCUT2D eigenvalue weighted by molar-refractivity contribution is 5.79. The molecule has 3 N–H and O–H groups in total. The van der Waals surface area contributed by atoms with Crippen molar-refractivity contribution in [2.45, 2.75) is 51.1 Å². The van der Waals surface area contributed by atoms with Crippen molar-refractivity contribution in [2.75, 3.05) is 0 Å². The molecular formula is C21H28N4O. The van der Waals surface area contributed by atoms with Crippen LogP contribution < -0.4 is 11.1 Å². The number of nitrogens with two attached hydrogens (primary N) is 1. The zero-order chi connectivity index (χ0) is 18.1. The number of hydrogen-bond donors (Lipinski definition) is 2. The Bertz CT molecular complexity index is 743. The number of aromatic nitrogens is 2. The van der Waals surface area contributed by atoms with Gasteiger partial charge in [0.25, 0.3) is 0 Å². The van der Waals surface area contributed by atoms with E-state index in [1.807, 2.05) is 29.1 Å². The molecule has 2 aromatic rings. The van der Waals surface area contributed by atoms with E-state index in [-0.39, 0.29) is 17.9 Å². The zero-order valence-electron chi connectivity index (χ0n) is 15.3. The van der Waals surface area contributed by atoms with E-state index in [1.54, 1.807) is 6.20 Å². The molecule has 2 aliphatic carbocycles. The molecule has 5 heteroatoms. The zero-order valence-corrected chi connectivity index (χ0v) is 15.3. The SMILES string of the molecule is CC(NC(=O)C1CC2CCCC(C1)C2N)c1cccc(-n2cccn2)c1. The summed E-state index contributed by atoms with van der Waals surface area (Å²) in [4.78, 5) is 12.9. The monoisotopic (exact) mass is 352 g/mol. The summed E-state index contributed by atoms with van der Waals surface area (Å²) in [5, 5.41) is 7.51. The van der Waals surface area contributed by atoms with Crippen molar-refractivity contribution >= 4 is 5.91 Å². The molecule has 138 valence electrons. The van der Waals surface area contributed by atoms with Crippen LogP contribution >= 0.6 is 0 Å². The van der Waals surface area contributed by atoms with Crippen molar-refractivity contribution in [3.63, 3.8) is 0 Å². The second-order valence-corrected chi connectivity index (χ2v) is 7.97. The lowest BCUT2D eigenvalue weighted by Crippen LogP contribution is -2.49. The van der Waals surface area contributed by atoms with Gasteiger partial charge in [-0.3, -0.25) is 4.79 Å². The van der Waals surface area contributed by atoms with Crippen molar-refractivity contribution < 1.29 is 4.79 Å². The fourth-order valence-corrected chi connectivity index (χ4v) is 4.78. The Morgan fingerprint density at radius 2 is 2.04 bits per heavy atom. The topological polar surface area (TPSA) is 72.9 Å². The molecule has 1 amide bonds. The number of carbonyl (C=O) groups excluding carboxylic acids is 1. The van der Waals surface area contributed by atoms with Crippen LogP contribution in [0.15, 0.2) is 42.7 Å². The van der Waals surface area contributed by atoms with Crippen molar-refractivity contribution in [1.29, 1.82) is 0 Å². The summed E-state index contributed by atoms with van der Waals surface area (Å²) in [6.07, 6.45) is 9.22. The minimum Gasteiger partial charge on any atom is -0.349 e. The maximum absolute atomic E-state index is 12.9. The van der Waals surface area contributed by atoms with Crippen LogP contribution in [-0.4, -0.2) is 21.7 Å². The highest BCUT2D eigenvalue weighted by atomic mass is 16.1. The first-order valence-electron chi connectivity index (χ1n) is 9.78. The predicted molar refractivity (Wildman–Crippen MR) is 102 cm³/mol. The molecule has 4 rings (SSSR count). The Balaban J connectivity index is 1.42. The van der Waals surface area contributed by atoms with E-state index >= 15 is 0 Å². The fourth-order valence-electron chi connectivity index (χ4n) is 4.78. The normalized spacial score (nSPS) is 29.2. The van der Waals surface area contributed by atoms with Gasteiger partial charge in [-0.25, -0.2) is 4.68 Å². The number of nitrogens with zero attached hydrogens (tertiary/aromatic N) is 2. The van der Waals surface area contributed by atoms with Gasteiger partial charge in [-0.05, 0) is 68.2 Å². The minimum atomic E-state index is -0.0200. The average Bonchev–Trinajstić information content (AvgIpc) is 3.16. The Kier molecular flexibility index (Phi) is 4.81. The van der Waals surface area contributed by atoms with Crippen LogP contribution in [0.4, 0.5) is 0 Å². The molecule has 3 unspecified atom stereocenters. The summed E-state index contributed by atoms with van der Waals surface area (Å²) in [5.74, 6) is 1.35. The quantitative estimate of drug-likeness (QED) is 0.887. The summed E-state index contributed by atoms with van der Waals surface area (Å²) in [5.41, 5.74) is 8.46. The summed E-state index contributed by atoms with van der Waals surface area (Å²) in [7, 11) is 0. The van der Waals surface area contributed by atoms with Gasteiger partial charge < -0.3 is 11.1 Å². The number of amides is 1. The van der Waals surface area contributed by atoms with Crippen LogP contribution in [0.25, 0.3) is 5.69 Å². The third-order valence-corrected chi connectivity index (χ3v) is 6.28. The van der Waals surface area contributed by atoms with Crippen molar-refractivity contribution in [3.05, 3.63) is 48.3 Å². The molecule has 2 saturated carbocycles. The second kappa shape index (κ2) is 7.23. The maximum atomic E-state index is 12.9. The van der Waals surface area contributed by atoms with E-state index in [4.69, 9.17) is 5.73 Å². The largest absolute Gasteiger partial charge is 0.349 e. The molecule has 0 aliphatic heterocycles. The molecule has 2 fully saturated rings. The molecule has 0 radical (unpaired) electrons. The van der Waals surface area contributed by atoms with Crippen LogP contribution in [0.5, 0.6) is 0 Å². The van der Waals surface area contributed by atoms with Crippen molar-refractivity contribution in [3.8, 4) is 5.69 Å². The van der Waals surface area contributed by atoms with Crippen LogP contribution in [0.3, 0.4) is 0 Å². The van der Waals surface area contributed by atoms with Crippen LogP contribution in [-0.2, 0) is 4.79 Å². The van der Waals surface area contributed by atoms with Crippen LogP contribution in [0.2, 0.25) is 0 Å². The molecule has 2 bridgehead atoms. The third kappa shape index (κ3) is 3.40. The van der Waals surface area contributed by atoms with Gasteiger partial charge >= 0.3 is 0 Å².